The molecular weight excluding hydrogens is 446 g/mol. The van der Waals surface area contributed by atoms with Gasteiger partial charge in [-0.15, -0.1) is 0 Å². The molecule has 7 nitrogen and oxygen atoms in total. The highest BCUT2D eigenvalue weighted by molar-refractivity contribution is 6.09. The zero-order chi connectivity index (χ0) is 25.3. The third-order valence-electron chi connectivity index (χ3n) is 6.64. The van der Waals surface area contributed by atoms with Gasteiger partial charge in [0.15, 0.2) is 17.3 Å². The van der Waals surface area contributed by atoms with Crippen LogP contribution < -0.4 is 9.47 Å². The summed E-state index contributed by atoms with van der Waals surface area (Å²) in [6.07, 6.45) is 0.599. The Morgan fingerprint density at radius 2 is 1.71 bits per heavy atom. The van der Waals surface area contributed by atoms with Crippen LogP contribution in [-0.4, -0.2) is 42.9 Å². The minimum Gasteiger partial charge on any atom is -0.504 e. The van der Waals surface area contributed by atoms with Gasteiger partial charge in [-0.25, -0.2) is 0 Å². The summed E-state index contributed by atoms with van der Waals surface area (Å²) in [5.74, 6) is -0.771. The molecule has 0 saturated heterocycles. The summed E-state index contributed by atoms with van der Waals surface area (Å²) in [5, 5.41) is 10.1. The number of aromatic hydroxyl groups is 1. The lowest BCUT2D eigenvalue weighted by molar-refractivity contribution is -0.150. The Morgan fingerprint density at radius 3 is 2.34 bits per heavy atom. The highest BCUT2D eigenvalue weighted by Crippen LogP contribution is 2.48. The van der Waals surface area contributed by atoms with Crippen LogP contribution in [0.15, 0.2) is 58.7 Å². The van der Waals surface area contributed by atoms with Gasteiger partial charge in [-0.3, -0.25) is 14.6 Å². The molecule has 2 aromatic rings. The van der Waals surface area contributed by atoms with Gasteiger partial charge in [-0.1, -0.05) is 18.2 Å². The number of nitrogens with zero attached hydrogens (tertiary/aromatic N) is 1. The second kappa shape index (κ2) is 9.94. The van der Waals surface area contributed by atoms with Crippen LogP contribution in [0.25, 0.3) is 0 Å². The number of methoxy groups -OCH3 is 2. The molecule has 2 aliphatic rings. The van der Waals surface area contributed by atoms with Crippen molar-refractivity contribution in [1.82, 2.24) is 0 Å². The fourth-order valence-electron chi connectivity index (χ4n) is 5.03. The molecule has 0 amide bonds. The van der Waals surface area contributed by atoms with Gasteiger partial charge in [0.25, 0.3) is 0 Å². The van der Waals surface area contributed by atoms with E-state index >= 15 is 0 Å². The molecule has 0 spiro atoms. The zero-order valence-corrected chi connectivity index (χ0v) is 20.7. The normalized spacial score (nSPS) is 21.9. The van der Waals surface area contributed by atoms with Gasteiger partial charge in [-0.2, -0.15) is 0 Å². The van der Waals surface area contributed by atoms with Crippen LogP contribution in [0.2, 0.25) is 0 Å². The smallest absolute Gasteiger partial charge is 0.315 e. The van der Waals surface area contributed by atoms with Crippen LogP contribution in [0, 0.1) is 5.92 Å². The van der Waals surface area contributed by atoms with E-state index in [1.165, 1.54) is 13.2 Å². The van der Waals surface area contributed by atoms with Gasteiger partial charge in [0, 0.05) is 29.3 Å². The van der Waals surface area contributed by atoms with Crippen molar-refractivity contribution >= 4 is 17.5 Å². The Kier molecular flexibility index (Phi) is 6.96. The first-order valence-corrected chi connectivity index (χ1v) is 11.8. The van der Waals surface area contributed by atoms with Crippen molar-refractivity contribution in [2.75, 3.05) is 14.2 Å². The summed E-state index contributed by atoms with van der Waals surface area (Å²) < 4.78 is 16.1. The van der Waals surface area contributed by atoms with Gasteiger partial charge >= 0.3 is 5.97 Å². The molecule has 1 unspecified atom stereocenters. The number of carbonyl (C=O) groups excluding carboxylic acids is 2. The predicted molar refractivity (Wildman–Crippen MR) is 132 cm³/mol. The number of carbonyl (C=O) groups is 2. The summed E-state index contributed by atoms with van der Waals surface area (Å²) in [7, 11) is 3.09. The molecule has 0 fully saturated rings. The summed E-state index contributed by atoms with van der Waals surface area (Å²) in [5.41, 5.74) is 3.59. The molecular formula is C28H31NO6. The molecule has 4 rings (SSSR count). The first kappa shape index (κ1) is 24.5. The standard InChI is InChI=1S/C28H31NO6/c1-15(2)35-28(32)25-16(3)29-21-12-19(17-6-9-20(33-4)10-7-17)13-23(31)27(21)26(25)18-8-11-22(30)24(14-18)34-5/h6-11,14-15,19,25-26,30H,12-13H2,1-5H3/t19-,25?,26-/m0/s1. The fourth-order valence-corrected chi connectivity index (χ4v) is 5.03. The third-order valence-corrected chi connectivity index (χ3v) is 6.64. The van der Waals surface area contributed by atoms with E-state index in [2.05, 4.69) is 0 Å². The summed E-state index contributed by atoms with van der Waals surface area (Å²) in [4.78, 5) is 31.7. The summed E-state index contributed by atoms with van der Waals surface area (Å²) in [6, 6.07) is 12.7. The number of hydrogen-bond donors (Lipinski definition) is 1. The summed E-state index contributed by atoms with van der Waals surface area (Å²) >= 11 is 0. The van der Waals surface area contributed by atoms with E-state index in [0.717, 1.165) is 11.3 Å². The van der Waals surface area contributed by atoms with Gasteiger partial charge in [0.05, 0.1) is 20.3 Å². The average molecular weight is 478 g/mol. The summed E-state index contributed by atoms with van der Waals surface area (Å²) in [6.45, 7) is 5.39. The van der Waals surface area contributed by atoms with Crippen molar-refractivity contribution in [3.8, 4) is 17.2 Å². The van der Waals surface area contributed by atoms with E-state index in [-0.39, 0.29) is 29.3 Å². The average Bonchev–Trinajstić information content (AvgIpc) is 2.83. The monoisotopic (exact) mass is 477 g/mol. The Hall–Kier alpha value is -3.61. The lowest BCUT2D eigenvalue weighted by Crippen LogP contribution is -2.38. The van der Waals surface area contributed by atoms with Gasteiger partial charge in [0.2, 0.25) is 0 Å². The van der Waals surface area contributed by atoms with E-state index in [1.54, 1.807) is 33.1 Å². The number of hydrogen-bond acceptors (Lipinski definition) is 7. The van der Waals surface area contributed by atoms with E-state index in [0.29, 0.717) is 35.4 Å². The van der Waals surface area contributed by atoms with Crippen molar-refractivity contribution in [2.45, 2.75) is 51.6 Å². The second-order valence-electron chi connectivity index (χ2n) is 9.29. The predicted octanol–water partition coefficient (Wildman–Crippen LogP) is 4.94. The van der Waals surface area contributed by atoms with Crippen LogP contribution in [0.3, 0.4) is 0 Å². The van der Waals surface area contributed by atoms with Crippen LogP contribution in [0.4, 0.5) is 0 Å². The first-order valence-electron chi connectivity index (χ1n) is 11.8. The fraction of sp³-hybridized carbons (Fsp3) is 0.393. The number of Topliss-reactive ketones (excluding diaryl/α,β-unsaturated/α-hetero) is 1. The highest BCUT2D eigenvalue weighted by Gasteiger charge is 2.45. The van der Waals surface area contributed by atoms with Crippen LogP contribution in [0.1, 0.15) is 56.6 Å². The maximum atomic E-state index is 13.7. The maximum Gasteiger partial charge on any atom is 0.315 e. The van der Waals surface area contributed by atoms with Crippen LogP contribution >= 0.6 is 0 Å². The van der Waals surface area contributed by atoms with Crippen molar-refractivity contribution in [3.63, 3.8) is 0 Å². The molecule has 7 heteroatoms. The molecule has 0 radical (unpaired) electrons. The zero-order valence-electron chi connectivity index (χ0n) is 20.7. The number of phenolic OH excluding ortho intramolecular Hbond substituents is 1. The van der Waals surface area contributed by atoms with Crippen molar-refractivity contribution in [1.29, 1.82) is 0 Å². The van der Waals surface area contributed by atoms with Crippen molar-refractivity contribution < 1.29 is 28.9 Å². The van der Waals surface area contributed by atoms with E-state index in [9.17, 15) is 14.7 Å². The maximum absolute atomic E-state index is 13.7. The van der Waals surface area contributed by atoms with Crippen molar-refractivity contribution in [3.05, 3.63) is 64.9 Å². The lowest BCUT2D eigenvalue weighted by atomic mass is 9.69. The van der Waals surface area contributed by atoms with Gasteiger partial charge < -0.3 is 19.3 Å². The van der Waals surface area contributed by atoms with E-state index in [1.807, 2.05) is 31.2 Å². The number of phenols is 1. The number of benzene rings is 2. The Labute approximate surface area is 205 Å². The second-order valence-corrected chi connectivity index (χ2v) is 9.29. The van der Waals surface area contributed by atoms with Crippen LogP contribution in [0.5, 0.6) is 17.2 Å². The molecule has 1 N–H and O–H groups in total. The number of aliphatic imine (C=N–C) groups is 1. The quantitative estimate of drug-likeness (QED) is 0.593. The molecule has 1 aliphatic heterocycles. The lowest BCUT2D eigenvalue weighted by Gasteiger charge is -2.37. The Morgan fingerprint density at radius 1 is 1.03 bits per heavy atom. The van der Waals surface area contributed by atoms with Gasteiger partial charge in [-0.05, 0) is 68.5 Å². The number of ketones is 1. The number of esters is 1. The molecule has 3 atom stereocenters. The minimum absolute atomic E-state index is 0.0116. The SMILES string of the molecule is COc1ccc([C@@H]2CC(=O)C3=C(C2)N=C(C)C(C(=O)OC(C)C)[C@@H]3c2ccc(O)c(OC)c2)cc1. The Bertz CT molecular complexity index is 1190. The molecule has 0 aromatic heterocycles. The topological polar surface area (TPSA) is 94.4 Å². The number of rotatable bonds is 6. The number of allylic oxidation sites excluding steroid dienone is 2. The number of ether oxygens (including phenoxy) is 3. The largest absolute Gasteiger partial charge is 0.504 e. The van der Waals surface area contributed by atoms with Gasteiger partial charge in [0.1, 0.15) is 11.7 Å². The highest BCUT2D eigenvalue weighted by atomic mass is 16.5. The molecule has 0 bridgehead atoms. The molecule has 0 saturated carbocycles. The molecule has 1 aliphatic carbocycles. The molecule has 2 aromatic carbocycles. The third kappa shape index (κ3) is 4.81. The van der Waals surface area contributed by atoms with E-state index < -0.39 is 17.8 Å². The molecule has 35 heavy (non-hydrogen) atoms. The minimum atomic E-state index is -0.744. The molecule has 1 heterocycles. The first-order chi connectivity index (χ1) is 16.7. The van der Waals surface area contributed by atoms with Crippen molar-refractivity contribution in [2.24, 2.45) is 10.9 Å². The Balaban J connectivity index is 1.79. The van der Waals surface area contributed by atoms with Crippen LogP contribution in [-0.2, 0) is 14.3 Å². The molecule has 184 valence electrons. The van der Waals surface area contributed by atoms with E-state index in [4.69, 9.17) is 19.2 Å².